The summed E-state index contributed by atoms with van der Waals surface area (Å²) in [6.45, 7) is 7.76. The van der Waals surface area contributed by atoms with Gasteiger partial charge in [-0.2, -0.15) is 0 Å². The molecule has 0 heterocycles. The van der Waals surface area contributed by atoms with Crippen molar-refractivity contribution in [1.82, 2.24) is 0 Å². The van der Waals surface area contributed by atoms with E-state index < -0.39 is 4.75 Å². The van der Waals surface area contributed by atoms with E-state index in [9.17, 15) is 4.79 Å². The number of carbonyl (C=O) groups is 1. The van der Waals surface area contributed by atoms with Crippen molar-refractivity contribution in [3.63, 3.8) is 0 Å². The molecule has 0 aromatic heterocycles. The SMILES string of the molecule is Cc1ccc(C)c(SC(C)(C)C(=O)Cl)c1. The molecule has 0 radical (unpaired) electrons. The quantitative estimate of drug-likeness (QED) is 0.590. The molecule has 1 nitrogen and oxygen atoms in total. The Bertz CT molecular complexity index is 385. The van der Waals surface area contributed by atoms with Crippen LogP contribution in [0.2, 0.25) is 0 Å². The fourth-order valence-corrected chi connectivity index (χ4v) is 2.35. The molecular formula is C12H15ClOS. The number of carbonyl (C=O) groups excluding carboxylic acids is 1. The van der Waals surface area contributed by atoms with Crippen molar-refractivity contribution in [1.29, 1.82) is 0 Å². The van der Waals surface area contributed by atoms with Crippen molar-refractivity contribution in [3.8, 4) is 0 Å². The largest absolute Gasteiger partial charge is 0.280 e. The summed E-state index contributed by atoms with van der Waals surface area (Å²) in [6.07, 6.45) is 0. The average molecular weight is 243 g/mol. The smallest absolute Gasteiger partial charge is 0.237 e. The van der Waals surface area contributed by atoms with E-state index in [-0.39, 0.29) is 5.24 Å². The predicted octanol–water partition coefficient (Wildman–Crippen LogP) is 3.94. The zero-order chi connectivity index (χ0) is 11.6. The molecule has 0 N–H and O–H groups in total. The highest BCUT2D eigenvalue weighted by molar-refractivity contribution is 8.01. The summed E-state index contributed by atoms with van der Waals surface area (Å²) in [5.74, 6) is 0. The number of halogens is 1. The second-order valence-corrected chi connectivity index (χ2v) is 6.16. The number of rotatable bonds is 3. The first-order chi connectivity index (χ1) is 6.83. The van der Waals surface area contributed by atoms with Crippen LogP contribution in [0.4, 0.5) is 0 Å². The third-order valence-electron chi connectivity index (χ3n) is 2.18. The van der Waals surface area contributed by atoms with Crippen molar-refractivity contribution < 1.29 is 4.79 Å². The summed E-state index contributed by atoms with van der Waals surface area (Å²) in [7, 11) is 0. The number of aryl methyl sites for hydroxylation is 2. The monoisotopic (exact) mass is 242 g/mol. The van der Waals surface area contributed by atoms with Crippen LogP contribution in [0.3, 0.4) is 0 Å². The molecule has 0 aliphatic carbocycles. The van der Waals surface area contributed by atoms with Crippen LogP contribution in [0, 0.1) is 13.8 Å². The van der Waals surface area contributed by atoms with Crippen molar-refractivity contribution in [2.24, 2.45) is 0 Å². The molecule has 82 valence electrons. The lowest BCUT2D eigenvalue weighted by molar-refractivity contribution is -0.113. The molecule has 0 fully saturated rings. The van der Waals surface area contributed by atoms with Crippen molar-refractivity contribution in [2.45, 2.75) is 37.3 Å². The van der Waals surface area contributed by atoms with Gasteiger partial charge in [0, 0.05) is 4.90 Å². The van der Waals surface area contributed by atoms with Gasteiger partial charge in [-0.05, 0) is 50.9 Å². The van der Waals surface area contributed by atoms with Crippen LogP contribution < -0.4 is 0 Å². The molecule has 1 aromatic rings. The highest BCUT2D eigenvalue weighted by Crippen LogP contribution is 2.36. The first kappa shape index (κ1) is 12.6. The standard InChI is InChI=1S/C12H15ClOS/c1-8-5-6-9(2)10(7-8)15-12(3,4)11(13)14/h5-7H,1-4H3. The van der Waals surface area contributed by atoms with Gasteiger partial charge >= 0.3 is 0 Å². The predicted molar refractivity (Wildman–Crippen MR) is 66.7 cm³/mol. The van der Waals surface area contributed by atoms with E-state index in [0.717, 1.165) is 4.90 Å². The van der Waals surface area contributed by atoms with Gasteiger partial charge in [0.05, 0.1) is 4.75 Å². The molecule has 15 heavy (non-hydrogen) atoms. The van der Waals surface area contributed by atoms with Crippen LogP contribution in [-0.4, -0.2) is 9.99 Å². The number of benzene rings is 1. The lowest BCUT2D eigenvalue weighted by Gasteiger charge is -2.20. The van der Waals surface area contributed by atoms with Gasteiger partial charge in [0.2, 0.25) is 5.24 Å². The zero-order valence-corrected chi connectivity index (χ0v) is 11.0. The minimum atomic E-state index is -0.569. The Labute approximate surface area is 100 Å². The van der Waals surface area contributed by atoms with Gasteiger partial charge in [0.15, 0.2) is 0 Å². The van der Waals surface area contributed by atoms with E-state index in [2.05, 4.69) is 18.2 Å². The summed E-state index contributed by atoms with van der Waals surface area (Å²) >= 11 is 7.07. The van der Waals surface area contributed by atoms with Crippen LogP contribution in [-0.2, 0) is 4.79 Å². The van der Waals surface area contributed by atoms with Crippen LogP contribution >= 0.6 is 23.4 Å². The third-order valence-corrected chi connectivity index (χ3v) is 4.12. The molecule has 0 aliphatic heterocycles. The second-order valence-electron chi connectivity index (χ2n) is 4.16. The van der Waals surface area contributed by atoms with Crippen LogP contribution in [0.15, 0.2) is 23.1 Å². The lowest BCUT2D eigenvalue weighted by Crippen LogP contribution is -2.22. The summed E-state index contributed by atoms with van der Waals surface area (Å²) in [5, 5.41) is -0.312. The minimum absolute atomic E-state index is 0.312. The molecule has 0 amide bonds. The molecule has 0 bridgehead atoms. The Hall–Kier alpha value is -0.470. The maximum absolute atomic E-state index is 11.2. The van der Waals surface area contributed by atoms with Crippen molar-refractivity contribution in [2.75, 3.05) is 0 Å². The molecule has 1 aromatic carbocycles. The maximum atomic E-state index is 11.2. The first-order valence-corrected chi connectivity index (χ1v) is 5.98. The third kappa shape index (κ3) is 3.25. The van der Waals surface area contributed by atoms with Gasteiger partial charge in [-0.15, -0.1) is 11.8 Å². The molecule has 3 heteroatoms. The van der Waals surface area contributed by atoms with E-state index >= 15 is 0 Å². The molecule has 0 unspecified atom stereocenters. The highest BCUT2D eigenvalue weighted by Gasteiger charge is 2.27. The van der Waals surface area contributed by atoms with Crippen LogP contribution in [0.5, 0.6) is 0 Å². The summed E-state index contributed by atoms with van der Waals surface area (Å²) in [6, 6.07) is 6.21. The fourth-order valence-electron chi connectivity index (χ4n) is 1.13. The molecule has 0 saturated heterocycles. The Morgan fingerprint density at radius 3 is 2.47 bits per heavy atom. The zero-order valence-electron chi connectivity index (χ0n) is 9.43. The van der Waals surface area contributed by atoms with E-state index in [1.54, 1.807) is 0 Å². The second kappa shape index (κ2) is 4.58. The Morgan fingerprint density at radius 1 is 1.33 bits per heavy atom. The average Bonchev–Trinajstić information content (AvgIpc) is 2.10. The molecule has 1 rings (SSSR count). The summed E-state index contributed by atoms with van der Waals surface area (Å²) in [4.78, 5) is 12.3. The van der Waals surface area contributed by atoms with Crippen molar-refractivity contribution >= 4 is 28.6 Å². The maximum Gasteiger partial charge on any atom is 0.237 e. The Balaban J connectivity index is 2.99. The van der Waals surface area contributed by atoms with E-state index in [4.69, 9.17) is 11.6 Å². The summed E-state index contributed by atoms with van der Waals surface area (Å²) < 4.78 is -0.569. The fraction of sp³-hybridized carbons (Fsp3) is 0.417. The van der Waals surface area contributed by atoms with E-state index in [0.29, 0.717) is 0 Å². The molecule has 0 saturated carbocycles. The van der Waals surface area contributed by atoms with Gasteiger partial charge in [0.25, 0.3) is 0 Å². The van der Waals surface area contributed by atoms with Gasteiger partial charge in [-0.25, -0.2) is 0 Å². The van der Waals surface area contributed by atoms with Gasteiger partial charge in [-0.3, -0.25) is 4.79 Å². The number of hydrogen-bond acceptors (Lipinski definition) is 2. The van der Waals surface area contributed by atoms with E-state index in [1.807, 2.05) is 27.7 Å². The summed E-state index contributed by atoms with van der Waals surface area (Å²) in [5.41, 5.74) is 2.37. The van der Waals surface area contributed by atoms with Gasteiger partial charge in [-0.1, -0.05) is 17.7 Å². The molecular weight excluding hydrogens is 228 g/mol. The Kier molecular flexibility index (Phi) is 3.85. The molecule has 0 aliphatic rings. The van der Waals surface area contributed by atoms with Gasteiger partial charge in [0.1, 0.15) is 0 Å². The van der Waals surface area contributed by atoms with Gasteiger partial charge < -0.3 is 0 Å². The van der Waals surface area contributed by atoms with Crippen LogP contribution in [0.1, 0.15) is 25.0 Å². The first-order valence-electron chi connectivity index (χ1n) is 4.79. The topological polar surface area (TPSA) is 17.1 Å². The lowest BCUT2D eigenvalue weighted by atomic mass is 10.2. The van der Waals surface area contributed by atoms with E-state index in [1.165, 1.54) is 22.9 Å². The van der Waals surface area contributed by atoms with Crippen LogP contribution in [0.25, 0.3) is 0 Å². The highest BCUT2D eigenvalue weighted by atomic mass is 35.5. The normalized spacial score (nSPS) is 11.5. The van der Waals surface area contributed by atoms with Crippen molar-refractivity contribution in [3.05, 3.63) is 29.3 Å². The number of hydrogen-bond donors (Lipinski definition) is 0. The molecule has 0 atom stereocenters. The minimum Gasteiger partial charge on any atom is -0.280 e. The Morgan fingerprint density at radius 2 is 1.93 bits per heavy atom. The molecule has 0 spiro atoms. The number of thioether (sulfide) groups is 1.